The monoisotopic (exact) mass is 757 g/mol. The molecule has 2 aromatic rings. The maximum absolute atomic E-state index is 14.2. The van der Waals surface area contributed by atoms with Crippen LogP contribution in [-0.4, -0.2) is 102 Å². The van der Waals surface area contributed by atoms with Crippen molar-refractivity contribution in [1.82, 2.24) is 25.4 Å². The molecule has 12 heteroatoms. The van der Waals surface area contributed by atoms with Crippen LogP contribution in [0.1, 0.15) is 90.8 Å². The van der Waals surface area contributed by atoms with Crippen molar-refractivity contribution in [2.45, 2.75) is 116 Å². The zero-order valence-corrected chi connectivity index (χ0v) is 34.8. The number of rotatable bonds is 20. The molecule has 0 spiro atoms. The number of benzene rings is 1. The molecule has 1 fully saturated rings. The van der Waals surface area contributed by atoms with Gasteiger partial charge in [-0.2, -0.15) is 0 Å². The zero-order valence-electron chi connectivity index (χ0n) is 33.2. The lowest BCUT2D eigenvalue weighted by Gasteiger charge is -2.40. The van der Waals surface area contributed by atoms with Crippen molar-refractivity contribution in [3.05, 3.63) is 52.5 Å². The molecule has 1 saturated heterocycles. The van der Waals surface area contributed by atoms with Gasteiger partial charge < -0.3 is 29.9 Å². The Labute approximate surface area is 321 Å². The number of likely N-dealkylation sites (tertiary alicyclic amines) is 1. The Morgan fingerprint density at radius 1 is 1.06 bits per heavy atom. The first-order valence-electron chi connectivity index (χ1n) is 18.6. The summed E-state index contributed by atoms with van der Waals surface area (Å²) < 4.78 is 12.2. The second-order valence-corrected chi connectivity index (χ2v) is 16.8. The summed E-state index contributed by atoms with van der Waals surface area (Å²) in [5.41, 5.74) is 0.451. The Bertz CT molecular complexity index is 1440. The van der Waals surface area contributed by atoms with Crippen molar-refractivity contribution in [2.75, 3.05) is 34.9 Å². The molecule has 0 saturated carbocycles. The minimum Gasteiger partial charge on any atom is -0.379 e. The van der Waals surface area contributed by atoms with E-state index >= 15 is 0 Å². The predicted octanol–water partition coefficient (Wildman–Crippen LogP) is 6.10. The number of nitrogens with zero attached hydrogens (tertiary/aromatic N) is 3. The van der Waals surface area contributed by atoms with E-state index in [0.717, 1.165) is 24.3 Å². The van der Waals surface area contributed by atoms with Crippen LogP contribution in [0.5, 0.6) is 0 Å². The molecule has 1 aromatic carbocycles. The van der Waals surface area contributed by atoms with Crippen LogP contribution < -0.4 is 10.6 Å². The first kappa shape index (κ1) is 43.6. The van der Waals surface area contributed by atoms with Gasteiger partial charge in [-0.1, -0.05) is 77.2 Å². The number of hydrogen-bond donors (Lipinski definition) is 2. The van der Waals surface area contributed by atoms with Crippen molar-refractivity contribution in [1.29, 1.82) is 0 Å². The van der Waals surface area contributed by atoms with Gasteiger partial charge in [0.1, 0.15) is 5.01 Å². The van der Waals surface area contributed by atoms with Gasteiger partial charge in [-0.25, -0.2) is 4.98 Å². The average Bonchev–Trinajstić information content (AvgIpc) is 3.83. The fraction of sp³-hybridized carbons (Fsp3) is 0.675. The van der Waals surface area contributed by atoms with Crippen LogP contribution >= 0.6 is 23.6 Å². The molecule has 0 aliphatic carbocycles. The normalized spacial score (nSPS) is 18.5. The Morgan fingerprint density at radius 2 is 1.73 bits per heavy atom. The maximum Gasteiger partial charge on any atom is 0.226 e. The molecule has 2 amide bonds. The van der Waals surface area contributed by atoms with E-state index in [1.807, 2.05) is 76.2 Å². The molecular weight excluding hydrogens is 695 g/mol. The molecule has 1 aliphatic heterocycles. The van der Waals surface area contributed by atoms with E-state index in [2.05, 4.69) is 34.7 Å². The van der Waals surface area contributed by atoms with Crippen molar-refractivity contribution >= 4 is 46.1 Å². The number of carbonyl (C=O) groups is 3. The van der Waals surface area contributed by atoms with Crippen LogP contribution in [0.3, 0.4) is 0 Å². The van der Waals surface area contributed by atoms with Gasteiger partial charge in [0.15, 0.2) is 5.78 Å². The Balaban J connectivity index is 1.76. The summed E-state index contributed by atoms with van der Waals surface area (Å²) in [6.45, 7) is 14.4. The summed E-state index contributed by atoms with van der Waals surface area (Å²) in [4.78, 5) is 50.4. The standard InChI is InChI=1S/C40H63N5O5S2/c1-25(2)29(23-33(46)40(6,7)41-8)39(48)44(9)35(26(3)4)32(49-10)24-34(47)45-20-15-18-31(45)36(50-11)27(5)37(51)43-30(38-42-19-21-52-38)22-28-16-13-12-14-17-28/h12-14,16-17,19,21,25-27,29-32,35-36,41H,15,18,20,22-24H2,1-11H3,(H,43,51)/t27-,29+,30+,31+,32-,35+,36-/m1/s1. The Kier molecular flexibility index (Phi) is 16.8. The van der Waals surface area contributed by atoms with Crippen molar-refractivity contribution in [3.8, 4) is 0 Å². The number of thiazole rings is 1. The third-order valence-corrected chi connectivity index (χ3v) is 12.3. The highest BCUT2D eigenvalue weighted by Gasteiger charge is 2.42. The number of methoxy groups -OCH3 is 2. The molecule has 3 rings (SSSR count). The number of thiocarbonyl (C=S) groups is 1. The molecular formula is C40H63N5O5S2. The quantitative estimate of drug-likeness (QED) is 0.155. The molecule has 1 aliphatic rings. The minimum atomic E-state index is -0.736. The van der Waals surface area contributed by atoms with Gasteiger partial charge in [0.2, 0.25) is 11.8 Å². The van der Waals surface area contributed by atoms with Gasteiger partial charge in [-0.15, -0.1) is 11.3 Å². The summed E-state index contributed by atoms with van der Waals surface area (Å²) in [6.07, 6.45) is 3.59. The third-order valence-electron chi connectivity index (χ3n) is 10.9. The lowest BCUT2D eigenvalue weighted by molar-refractivity contribution is -0.148. The van der Waals surface area contributed by atoms with E-state index in [1.54, 1.807) is 44.6 Å². The van der Waals surface area contributed by atoms with Crippen molar-refractivity contribution < 1.29 is 23.9 Å². The maximum atomic E-state index is 14.2. The number of likely N-dealkylation sites (N-methyl/N-ethyl adjacent to an activating group) is 2. The van der Waals surface area contributed by atoms with Crippen LogP contribution in [0.25, 0.3) is 0 Å². The van der Waals surface area contributed by atoms with Crippen LogP contribution in [-0.2, 0) is 30.3 Å². The third kappa shape index (κ3) is 11.1. The predicted molar refractivity (Wildman–Crippen MR) is 213 cm³/mol. The van der Waals surface area contributed by atoms with E-state index in [0.29, 0.717) is 11.5 Å². The van der Waals surface area contributed by atoms with Gasteiger partial charge in [0, 0.05) is 57.6 Å². The van der Waals surface area contributed by atoms with Crippen molar-refractivity contribution in [3.63, 3.8) is 0 Å². The van der Waals surface area contributed by atoms with Gasteiger partial charge in [-0.3, -0.25) is 14.4 Å². The lowest BCUT2D eigenvalue weighted by Crippen LogP contribution is -2.54. The summed E-state index contributed by atoms with van der Waals surface area (Å²) in [5.74, 6) is -0.879. The largest absolute Gasteiger partial charge is 0.379 e. The molecule has 0 unspecified atom stereocenters. The van der Waals surface area contributed by atoms with Gasteiger partial charge >= 0.3 is 0 Å². The average molecular weight is 758 g/mol. The first-order chi connectivity index (χ1) is 24.6. The lowest BCUT2D eigenvalue weighted by atomic mass is 9.83. The number of nitrogens with one attached hydrogen (secondary N) is 2. The molecule has 290 valence electrons. The van der Waals surface area contributed by atoms with Crippen LogP contribution in [0.2, 0.25) is 0 Å². The van der Waals surface area contributed by atoms with Gasteiger partial charge in [0.25, 0.3) is 0 Å². The molecule has 52 heavy (non-hydrogen) atoms. The minimum absolute atomic E-state index is 0.00445. The van der Waals surface area contributed by atoms with Gasteiger partial charge in [-0.05, 0) is 57.6 Å². The van der Waals surface area contributed by atoms with E-state index in [9.17, 15) is 14.4 Å². The van der Waals surface area contributed by atoms with E-state index in [4.69, 9.17) is 21.7 Å². The topological polar surface area (TPSA) is 113 Å². The molecule has 0 bridgehead atoms. The fourth-order valence-electron chi connectivity index (χ4n) is 7.42. The number of carbonyl (C=O) groups excluding carboxylic acids is 3. The highest BCUT2D eigenvalue weighted by Crippen LogP contribution is 2.31. The number of ether oxygens (including phenoxy) is 2. The Morgan fingerprint density at radius 3 is 2.27 bits per heavy atom. The number of Topliss-reactive ketones (excluding diaryl/α,β-unsaturated/α-hetero) is 1. The summed E-state index contributed by atoms with van der Waals surface area (Å²) >= 11 is 7.62. The molecule has 2 N–H and O–H groups in total. The SMILES string of the molecule is CNC(C)(C)C(=O)C[C@H](C(=O)N(C)[C@@H](C(C)C)[C@@H](CC(=O)N1CCC[C@H]1[C@H](OC)[C@@H](C)C(=S)N[C@@H](Cc1ccccc1)c1nccs1)OC)C(C)C. The van der Waals surface area contributed by atoms with Gasteiger partial charge in [0.05, 0.1) is 47.3 Å². The van der Waals surface area contributed by atoms with E-state index < -0.39 is 17.6 Å². The number of amides is 2. The highest BCUT2D eigenvalue weighted by molar-refractivity contribution is 7.80. The summed E-state index contributed by atoms with van der Waals surface area (Å²) in [7, 11) is 6.82. The summed E-state index contributed by atoms with van der Waals surface area (Å²) in [6, 6.07) is 9.66. The highest BCUT2D eigenvalue weighted by atomic mass is 32.1. The number of aromatic nitrogens is 1. The number of ketones is 1. The molecule has 1 aromatic heterocycles. The van der Waals surface area contributed by atoms with Crippen LogP contribution in [0.15, 0.2) is 41.9 Å². The second-order valence-electron chi connectivity index (χ2n) is 15.4. The smallest absolute Gasteiger partial charge is 0.226 e. The molecule has 0 radical (unpaired) electrons. The first-order valence-corrected chi connectivity index (χ1v) is 19.9. The molecule has 2 heterocycles. The van der Waals surface area contributed by atoms with Crippen molar-refractivity contribution in [2.24, 2.45) is 23.7 Å². The molecule has 7 atom stereocenters. The van der Waals surface area contributed by atoms with E-state index in [-0.39, 0.29) is 72.4 Å². The second kappa shape index (κ2) is 20.1. The van der Waals surface area contributed by atoms with E-state index in [1.165, 1.54) is 5.56 Å². The van der Waals surface area contributed by atoms with Crippen LogP contribution in [0.4, 0.5) is 0 Å². The fourth-order valence-corrected chi connectivity index (χ4v) is 8.38. The summed E-state index contributed by atoms with van der Waals surface area (Å²) in [5, 5.41) is 9.60. The molecule has 10 nitrogen and oxygen atoms in total. The number of hydrogen-bond acceptors (Lipinski definition) is 9. The zero-order chi connectivity index (χ0) is 38.7. The Hall–Kier alpha value is -2.77. The van der Waals surface area contributed by atoms with Crippen LogP contribution in [0, 0.1) is 23.7 Å².